The molecule has 3 heteroatoms. The normalized spacial score (nSPS) is 18.8. The number of ether oxygens (including phenoxy) is 2. The van der Waals surface area contributed by atoms with Crippen LogP contribution >= 0.6 is 0 Å². The van der Waals surface area contributed by atoms with Gasteiger partial charge in [0.1, 0.15) is 11.5 Å². The van der Waals surface area contributed by atoms with E-state index in [4.69, 9.17) is 9.47 Å². The molecule has 1 aromatic carbocycles. The van der Waals surface area contributed by atoms with E-state index in [9.17, 15) is 5.11 Å². The van der Waals surface area contributed by atoms with E-state index in [-0.39, 0.29) is 12.5 Å². The Kier molecular flexibility index (Phi) is 10.5. The Morgan fingerprint density at radius 3 is 2.23 bits per heavy atom. The van der Waals surface area contributed by atoms with E-state index < -0.39 is 0 Å². The molecule has 1 aliphatic carbocycles. The van der Waals surface area contributed by atoms with Crippen LogP contribution in [0.2, 0.25) is 0 Å². The van der Waals surface area contributed by atoms with Crippen LogP contribution in [0.5, 0.6) is 11.5 Å². The van der Waals surface area contributed by atoms with Crippen LogP contribution in [-0.2, 0) is 6.42 Å². The van der Waals surface area contributed by atoms with Crippen LogP contribution in [0, 0.1) is 5.92 Å². The average molecular weight is 415 g/mol. The molecule has 0 heterocycles. The lowest BCUT2D eigenvalue weighted by Gasteiger charge is -2.34. The van der Waals surface area contributed by atoms with Gasteiger partial charge in [-0.15, -0.1) is 0 Å². The number of unbranched alkanes of at least 4 members (excludes halogenated alkanes) is 4. The molecule has 0 bridgehead atoms. The third kappa shape index (κ3) is 6.38. The molecule has 0 aliphatic heterocycles. The van der Waals surface area contributed by atoms with Gasteiger partial charge in [-0.05, 0) is 67.7 Å². The highest BCUT2D eigenvalue weighted by Crippen LogP contribution is 2.48. The van der Waals surface area contributed by atoms with E-state index in [1.165, 1.54) is 49.7 Å². The predicted molar refractivity (Wildman–Crippen MR) is 127 cm³/mol. The number of rotatable bonds is 13. The summed E-state index contributed by atoms with van der Waals surface area (Å²) in [6.07, 6.45) is 13.6. The van der Waals surface area contributed by atoms with E-state index in [0.717, 1.165) is 48.3 Å². The highest BCUT2D eigenvalue weighted by molar-refractivity contribution is 5.53. The molecule has 168 valence electrons. The summed E-state index contributed by atoms with van der Waals surface area (Å²) < 4.78 is 11.8. The number of benzene rings is 1. The molecule has 2 atom stereocenters. The van der Waals surface area contributed by atoms with E-state index in [2.05, 4.69) is 38.6 Å². The first-order chi connectivity index (χ1) is 14.6. The van der Waals surface area contributed by atoms with Crippen molar-refractivity contribution in [3.05, 3.63) is 47.1 Å². The van der Waals surface area contributed by atoms with E-state index in [0.29, 0.717) is 5.92 Å². The summed E-state index contributed by atoms with van der Waals surface area (Å²) in [5, 5.41) is 9.82. The molecule has 2 rings (SSSR count). The summed E-state index contributed by atoms with van der Waals surface area (Å²) in [6.45, 7) is 9.06. The van der Waals surface area contributed by atoms with Crippen molar-refractivity contribution in [1.82, 2.24) is 0 Å². The van der Waals surface area contributed by atoms with Gasteiger partial charge in [0.2, 0.25) is 0 Å². The first kappa shape index (κ1) is 24.5. The summed E-state index contributed by atoms with van der Waals surface area (Å²) in [4.78, 5) is 0. The largest absolute Gasteiger partial charge is 0.496 e. The van der Waals surface area contributed by atoms with Gasteiger partial charge in [-0.25, -0.2) is 0 Å². The third-order valence-electron chi connectivity index (χ3n) is 6.46. The second-order valence-corrected chi connectivity index (χ2v) is 8.64. The summed E-state index contributed by atoms with van der Waals surface area (Å²) in [6, 6.07) is 4.37. The fourth-order valence-corrected chi connectivity index (χ4v) is 4.68. The minimum atomic E-state index is 0.116. The number of hydrogen-bond acceptors (Lipinski definition) is 3. The van der Waals surface area contributed by atoms with Crippen LogP contribution in [0.3, 0.4) is 0 Å². The maximum atomic E-state index is 9.82. The maximum Gasteiger partial charge on any atom is 0.126 e. The Labute approximate surface area is 184 Å². The first-order valence-electron chi connectivity index (χ1n) is 11.8. The second-order valence-electron chi connectivity index (χ2n) is 8.64. The molecule has 1 unspecified atom stereocenters. The highest BCUT2D eigenvalue weighted by Gasteiger charge is 2.32. The monoisotopic (exact) mass is 414 g/mol. The molecule has 0 saturated carbocycles. The summed E-state index contributed by atoms with van der Waals surface area (Å²) >= 11 is 0. The Hall–Kier alpha value is -1.74. The van der Waals surface area contributed by atoms with Crippen LogP contribution < -0.4 is 9.47 Å². The molecule has 1 aliphatic rings. The number of hydrogen-bond donors (Lipinski definition) is 1. The van der Waals surface area contributed by atoms with Crippen LogP contribution in [0.4, 0.5) is 0 Å². The van der Waals surface area contributed by atoms with Crippen molar-refractivity contribution < 1.29 is 14.6 Å². The molecule has 0 amide bonds. The maximum absolute atomic E-state index is 9.82. The molecule has 0 aromatic heterocycles. The van der Waals surface area contributed by atoms with Gasteiger partial charge in [-0.3, -0.25) is 0 Å². The van der Waals surface area contributed by atoms with Crippen molar-refractivity contribution in [3.8, 4) is 11.5 Å². The Balaban J connectivity index is 2.42. The van der Waals surface area contributed by atoms with Gasteiger partial charge in [-0.1, -0.05) is 57.8 Å². The molecule has 1 aromatic rings. The van der Waals surface area contributed by atoms with Crippen molar-refractivity contribution in [3.63, 3.8) is 0 Å². The lowest BCUT2D eigenvalue weighted by molar-refractivity contribution is 0.312. The fraction of sp³-hybridized carbons (Fsp3) is 0.630. The van der Waals surface area contributed by atoms with Crippen molar-refractivity contribution in [2.75, 3.05) is 20.8 Å². The third-order valence-corrected chi connectivity index (χ3v) is 6.46. The molecular weight excluding hydrogens is 372 g/mol. The average Bonchev–Trinajstić information content (AvgIpc) is 2.78. The highest BCUT2D eigenvalue weighted by atomic mass is 16.5. The van der Waals surface area contributed by atoms with Gasteiger partial charge in [0.15, 0.2) is 0 Å². The van der Waals surface area contributed by atoms with Gasteiger partial charge in [0.05, 0.1) is 20.8 Å². The van der Waals surface area contributed by atoms with Gasteiger partial charge in [0.25, 0.3) is 0 Å². The van der Waals surface area contributed by atoms with E-state index in [1.807, 2.05) is 0 Å². The minimum absolute atomic E-state index is 0.116. The molecular formula is C27H42O3. The topological polar surface area (TPSA) is 38.7 Å². The van der Waals surface area contributed by atoms with Crippen LogP contribution in [0.1, 0.15) is 88.7 Å². The first-order valence-corrected chi connectivity index (χ1v) is 11.8. The van der Waals surface area contributed by atoms with Crippen molar-refractivity contribution in [1.29, 1.82) is 0 Å². The predicted octanol–water partition coefficient (Wildman–Crippen LogP) is 6.99. The molecule has 0 spiro atoms. The number of aliphatic hydroxyl groups is 1. The Morgan fingerprint density at radius 1 is 1.03 bits per heavy atom. The van der Waals surface area contributed by atoms with Crippen molar-refractivity contribution >= 4 is 0 Å². The number of methoxy groups -OCH3 is 2. The standard InChI is InChI=1S/C27H42O3/c1-6-8-10-12-20(3)23-15-14-22(19-28)16-24(23)27-25(29-4)17-21(13-11-9-7-2)18-26(27)30-5/h16-18,23-24,28H,3,6-15,19H2,1-2,4-5H3/t23-,24?/m0/s1. The smallest absolute Gasteiger partial charge is 0.126 e. The SMILES string of the molecule is C=C(CCCCC)[C@@H]1CCC(CO)=CC1c1c(OC)cc(CCCCC)cc1OC. The number of aliphatic hydroxyl groups excluding tert-OH is 1. The summed E-state index contributed by atoms with van der Waals surface area (Å²) in [7, 11) is 3.50. The van der Waals surface area contributed by atoms with Gasteiger partial charge < -0.3 is 14.6 Å². The molecule has 0 radical (unpaired) electrons. The van der Waals surface area contributed by atoms with Crippen molar-refractivity contribution in [2.45, 2.75) is 84.0 Å². The lowest BCUT2D eigenvalue weighted by atomic mass is 9.72. The zero-order chi connectivity index (χ0) is 21.9. The van der Waals surface area contributed by atoms with Gasteiger partial charge >= 0.3 is 0 Å². The van der Waals surface area contributed by atoms with E-state index >= 15 is 0 Å². The Bertz CT molecular complexity index is 679. The molecule has 3 nitrogen and oxygen atoms in total. The zero-order valence-corrected chi connectivity index (χ0v) is 19.6. The quantitative estimate of drug-likeness (QED) is 0.279. The minimum Gasteiger partial charge on any atom is -0.496 e. The number of aryl methyl sites for hydroxylation is 1. The van der Waals surface area contributed by atoms with E-state index in [1.54, 1.807) is 14.2 Å². The van der Waals surface area contributed by atoms with Gasteiger partial charge in [0, 0.05) is 11.5 Å². The summed E-state index contributed by atoms with van der Waals surface area (Å²) in [5.74, 6) is 2.27. The van der Waals surface area contributed by atoms with Gasteiger partial charge in [-0.2, -0.15) is 0 Å². The molecule has 1 N–H and O–H groups in total. The van der Waals surface area contributed by atoms with Crippen LogP contribution in [0.15, 0.2) is 35.9 Å². The van der Waals surface area contributed by atoms with Crippen LogP contribution in [-0.4, -0.2) is 25.9 Å². The van der Waals surface area contributed by atoms with Crippen LogP contribution in [0.25, 0.3) is 0 Å². The second kappa shape index (κ2) is 12.8. The summed E-state index contributed by atoms with van der Waals surface area (Å²) in [5.41, 5.74) is 4.79. The zero-order valence-electron chi connectivity index (χ0n) is 19.6. The molecule has 30 heavy (non-hydrogen) atoms. The molecule has 0 fully saturated rings. The number of allylic oxidation sites excluding steroid dienone is 2. The molecule has 0 saturated heterocycles. The Morgan fingerprint density at radius 2 is 1.67 bits per heavy atom. The van der Waals surface area contributed by atoms with Crippen molar-refractivity contribution in [2.24, 2.45) is 5.92 Å². The fourth-order valence-electron chi connectivity index (χ4n) is 4.68. The lowest BCUT2D eigenvalue weighted by Crippen LogP contribution is -2.20.